The van der Waals surface area contributed by atoms with Crippen molar-refractivity contribution in [2.24, 2.45) is 0 Å². The predicted molar refractivity (Wildman–Crippen MR) is 97.6 cm³/mol. The zero-order chi connectivity index (χ0) is 17.4. The van der Waals surface area contributed by atoms with Gasteiger partial charge >= 0.3 is 0 Å². The number of rotatable bonds is 8. The number of unbranched alkanes of at least 4 members (excludes halogenated alkanes) is 1. The van der Waals surface area contributed by atoms with Crippen molar-refractivity contribution in [2.45, 2.75) is 17.7 Å². The Hall–Kier alpha value is -1.88. The van der Waals surface area contributed by atoms with Crippen LogP contribution in [0.4, 0.5) is 0 Å². The standard InChI is InChI=1S/C17H18BrN3O2S/c18-16-7-3-14(4-8-16)15-5-9-17(10-6-15)24(22,23)21-12-2-1-11-20-13-19/h3-10,20-21H,1-2,11-12H2. The summed E-state index contributed by atoms with van der Waals surface area (Å²) in [6.45, 7) is 0.907. The van der Waals surface area contributed by atoms with Crippen LogP contribution in [0.25, 0.3) is 11.1 Å². The minimum absolute atomic E-state index is 0.249. The summed E-state index contributed by atoms with van der Waals surface area (Å²) in [5, 5.41) is 10.9. The maximum Gasteiger partial charge on any atom is 0.240 e. The lowest BCUT2D eigenvalue weighted by atomic mass is 10.1. The third-order valence-electron chi connectivity index (χ3n) is 3.44. The van der Waals surface area contributed by atoms with Crippen LogP contribution >= 0.6 is 15.9 Å². The summed E-state index contributed by atoms with van der Waals surface area (Å²) >= 11 is 3.39. The average molecular weight is 408 g/mol. The minimum Gasteiger partial charge on any atom is -0.324 e. The van der Waals surface area contributed by atoms with Gasteiger partial charge in [-0.3, -0.25) is 0 Å². The molecule has 0 spiro atoms. The van der Waals surface area contributed by atoms with Crippen molar-refractivity contribution >= 4 is 26.0 Å². The van der Waals surface area contributed by atoms with E-state index in [9.17, 15) is 8.42 Å². The van der Waals surface area contributed by atoms with Crippen molar-refractivity contribution < 1.29 is 8.42 Å². The molecule has 0 aromatic heterocycles. The van der Waals surface area contributed by atoms with Gasteiger partial charge in [0, 0.05) is 17.6 Å². The lowest BCUT2D eigenvalue weighted by Gasteiger charge is -2.08. The van der Waals surface area contributed by atoms with Crippen LogP contribution in [-0.2, 0) is 10.0 Å². The SMILES string of the molecule is N#CNCCCCNS(=O)(=O)c1ccc(-c2ccc(Br)cc2)cc1. The molecule has 2 aromatic carbocycles. The zero-order valence-corrected chi connectivity index (χ0v) is 15.4. The molecule has 0 aliphatic rings. The molecular formula is C17H18BrN3O2S. The second kappa shape index (κ2) is 8.83. The fraction of sp³-hybridized carbons (Fsp3) is 0.235. The van der Waals surface area contributed by atoms with Crippen molar-refractivity contribution in [3.05, 3.63) is 53.0 Å². The first-order valence-electron chi connectivity index (χ1n) is 7.50. The topological polar surface area (TPSA) is 82.0 Å². The van der Waals surface area contributed by atoms with Crippen LogP contribution in [0.2, 0.25) is 0 Å². The van der Waals surface area contributed by atoms with Gasteiger partial charge in [-0.2, -0.15) is 5.26 Å². The van der Waals surface area contributed by atoms with Crippen LogP contribution in [0, 0.1) is 11.5 Å². The first kappa shape index (κ1) is 18.5. The Labute approximate surface area is 150 Å². The summed E-state index contributed by atoms with van der Waals surface area (Å²) in [4.78, 5) is 0.249. The molecule has 0 fully saturated rings. The van der Waals surface area contributed by atoms with Gasteiger partial charge in [0.1, 0.15) is 0 Å². The summed E-state index contributed by atoms with van der Waals surface area (Å²) in [5.41, 5.74) is 1.99. The first-order chi connectivity index (χ1) is 11.5. The molecule has 2 N–H and O–H groups in total. The third-order valence-corrected chi connectivity index (χ3v) is 5.45. The van der Waals surface area contributed by atoms with Crippen LogP contribution in [0.5, 0.6) is 0 Å². The molecule has 5 nitrogen and oxygen atoms in total. The van der Waals surface area contributed by atoms with Crippen molar-refractivity contribution in [3.63, 3.8) is 0 Å². The van der Waals surface area contributed by atoms with E-state index in [1.807, 2.05) is 30.5 Å². The lowest BCUT2D eigenvalue weighted by molar-refractivity contribution is 0.576. The second-order valence-corrected chi connectivity index (χ2v) is 7.86. The highest BCUT2D eigenvalue weighted by Crippen LogP contribution is 2.23. The number of nitriles is 1. The van der Waals surface area contributed by atoms with E-state index in [4.69, 9.17) is 5.26 Å². The zero-order valence-electron chi connectivity index (χ0n) is 13.0. The molecule has 0 amide bonds. The summed E-state index contributed by atoms with van der Waals surface area (Å²) in [6.07, 6.45) is 3.24. The van der Waals surface area contributed by atoms with E-state index >= 15 is 0 Å². The third kappa shape index (κ3) is 5.34. The molecule has 2 aromatic rings. The smallest absolute Gasteiger partial charge is 0.240 e. The van der Waals surface area contributed by atoms with Crippen molar-refractivity contribution in [2.75, 3.05) is 13.1 Å². The van der Waals surface area contributed by atoms with Crippen LogP contribution in [-0.4, -0.2) is 21.5 Å². The van der Waals surface area contributed by atoms with Gasteiger partial charge in [0.25, 0.3) is 0 Å². The fourth-order valence-corrected chi connectivity index (χ4v) is 3.49. The molecule has 0 aliphatic heterocycles. The van der Waals surface area contributed by atoms with Gasteiger partial charge in [0.05, 0.1) is 4.90 Å². The molecule has 24 heavy (non-hydrogen) atoms. The Morgan fingerprint density at radius 1 is 0.917 bits per heavy atom. The number of halogens is 1. The molecule has 0 saturated heterocycles. The Bertz CT molecular complexity index is 797. The number of sulfonamides is 1. The highest BCUT2D eigenvalue weighted by molar-refractivity contribution is 9.10. The van der Waals surface area contributed by atoms with E-state index in [1.54, 1.807) is 24.3 Å². The lowest BCUT2D eigenvalue weighted by Crippen LogP contribution is -2.25. The van der Waals surface area contributed by atoms with Crippen molar-refractivity contribution in [3.8, 4) is 17.3 Å². The van der Waals surface area contributed by atoms with Gasteiger partial charge in [-0.25, -0.2) is 13.1 Å². The van der Waals surface area contributed by atoms with E-state index in [-0.39, 0.29) is 4.90 Å². The fourth-order valence-electron chi connectivity index (χ4n) is 2.15. The Morgan fingerprint density at radius 2 is 1.46 bits per heavy atom. The normalized spacial score (nSPS) is 11.0. The molecule has 0 aliphatic carbocycles. The van der Waals surface area contributed by atoms with Crippen molar-refractivity contribution in [1.82, 2.24) is 10.0 Å². The highest BCUT2D eigenvalue weighted by Gasteiger charge is 2.13. The summed E-state index contributed by atoms with van der Waals surface area (Å²) in [5.74, 6) is 0. The summed E-state index contributed by atoms with van der Waals surface area (Å²) < 4.78 is 28.0. The van der Waals surface area contributed by atoms with Crippen molar-refractivity contribution in [1.29, 1.82) is 5.26 Å². The molecule has 7 heteroatoms. The monoisotopic (exact) mass is 407 g/mol. The molecule has 0 unspecified atom stereocenters. The molecule has 0 bridgehead atoms. The number of hydrogen-bond donors (Lipinski definition) is 2. The number of hydrogen-bond acceptors (Lipinski definition) is 4. The molecule has 0 heterocycles. The average Bonchev–Trinajstić information content (AvgIpc) is 2.59. The Balaban J connectivity index is 1.96. The number of nitrogens with zero attached hydrogens (tertiary/aromatic N) is 1. The summed E-state index contributed by atoms with van der Waals surface area (Å²) in [7, 11) is -3.50. The molecule has 0 radical (unpaired) electrons. The second-order valence-electron chi connectivity index (χ2n) is 5.17. The van der Waals surface area contributed by atoms with E-state index in [1.165, 1.54) is 0 Å². The molecule has 2 rings (SSSR count). The quantitative estimate of drug-likeness (QED) is 0.399. The van der Waals surface area contributed by atoms with Gasteiger partial charge in [0.2, 0.25) is 10.0 Å². The molecular weight excluding hydrogens is 390 g/mol. The largest absolute Gasteiger partial charge is 0.324 e. The Morgan fingerprint density at radius 3 is 2.04 bits per heavy atom. The van der Waals surface area contributed by atoms with Gasteiger partial charge in [-0.15, -0.1) is 0 Å². The minimum atomic E-state index is -3.50. The highest BCUT2D eigenvalue weighted by atomic mass is 79.9. The van der Waals surface area contributed by atoms with E-state index in [0.29, 0.717) is 19.5 Å². The van der Waals surface area contributed by atoms with E-state index in [2.05, 4.69) is 26.0 Å². The summed E-state index contributed by atoms with van der Waals surface area (Å²) in [6, 6.07) is 14.7. The van der Waals surface area contributed by atoms with Gasteiger partial charge < -0.3 is 5.32 Å². The molecule has 0 atom stereocenters. The number of nitrogens with one attached hydrogen (secondary N) is 2. The Kier molecular flexibility index (Phi) is 6.79. The molecule has 126 valence electrons. The maximum atomic E-state index is 12.2. The number of benzene rings is 2. The van der Waals surface area contributed by atoms with E-state index < -0.39 is 10.0 Å². The van der Waals surface area contributed by atoms with Gasteiger partial charge in [-0.05, 0) is 48.2 Å². The maximum absolute atomic E-state index is 12.2. The van der Waals surface area contributed by atoms with Crippen LogP contribution in [0.15, 0.2) is 57.9 Å². The van der Waals surface area contributed by atoms with Crippen LogP contribution in [0.3, 0.4) is 0 Å². The van der Waals surface area contributed by atoms with Gasteiger partial charge in [-0.1, -0.05) is 40.2 Å². The first-order valence-corrected chi connectivity index (χ1v) is 9.78. The van der Waals surface area contributed by atoms with Crippen LogP contribution < -0.4 is 10.0 Å². The predicted octanol–water partition coefficient (Wildman–Crippen LogP) is 3.25. The van der Waals surface area contributed by atoms with Gasteiger partial charge in [0.15, 0.2) is 6.19 Å². The van der Waals surface area contributed by atoms with Crippen LogP contribution in [0.1, 0.15) is 12.8 Å². The van der Waals surface area contributed by atoms with E-state index in [0.717, 1.165) is 22.0 Å². The molecule has 0 saturated carbocycles.